The normalized spacial score (nSPS) is 9.93. The first-order valence-corrected chi connectivity index (χ1v) is 5.03. The smallest absolute Gasteiger partial charge is 0.216 e. The van der Waals surface area contributed by atoms with Crippen molar-refractivity contribution in [3.8, 4) is 0 Å². The zero-order valence-electron chi connectivity index (χ0n) is 7.81. The average molecular weight is 232 g/mol. The van der Waals surface area contributed by atoms with E-state index in [4.69, 9.17) is 23.2 Å². The first-order valence-electron chi connectivity index (χ1n) is 4.27. The fourth-order valence-corrected chi connectivity index (χ4v) is 1.71. The van der Waals surface area contributed by atoms with E-state index in [9.17, 15) is 4.79 Å². The molecule has 0 aromatic heterocycles. The zero-order valence-corrected chi connectivity index (χ0v) is 9.32. The van der Waals surface area contributed by atoms with Gasteiger partial charge in [-0.2, -0.15) is 0 Å². The van der Waals surface area contributed by atoms with Crippen LogP contribution in [0, 0.1) is 0 Å². The summed E-state index contributed by atoms with van der Waals surface area (Å²) >= 11 is 11.6. The predicted molar refractivity (Wildman–Crippen MR) is 58.8 cm³/mol. The van der Waals surface area contributed by atoms with E-state index in [1.54, 1.807) is 6.07 Å². The molecule has 0 saturated carbocycles. The molecule has 0 atom stereocenters. The first kappa shape index (κ1) is 11.3. The van der Waals surface area contributed by atoms with E-state index in [1.807, 2.05) is 12.1 Å². The quantitative estimate of drug-likeness (QED) is 0.852. The molecule has 1 rings (SSSR count). The molecule has 0 spiro atoms. The van der Waals surface area contributed by atoms with Gasteiger partial charge in [-0.05, 0) is 30.2 Å². The van der Waals surface area contributed by atoms with E-state index in [0.717, 1.165) is 12.0 Å². The van der Waals surface area contributed by atoms with Gasteiger partial charge in [0, 0.05) is 23.5 Å². The van der Waals surface area contributed by atoms with Gasteiger partial charge in [-0.25, -0.2) is 0 Å². The fourth-order valence-electron chi connectivity index (χ4n) is 1.14. The lowest BCUT2D eigenvalue weighted by molar-refractivity contribution is -0.118. The summed E-state index contributed by atoms with van der Waals surface area (Å²) in [6, 6.07) is 5.37. The molecule has 0 aliphatic carbocycles. The number of benzene rings is 1. The molecule has 0 unspecified atom stereocenters. The standard InChI is InChI=1S/C10H11Cl2NO/c1-7(14)13-3-2-8-4-9(11)6-10(12)5-8/h4-6H,2-3H2,1H3,(H,13,14). The van der Waals surface area contributed by atoms with Gasteiger partial charge in [-0.15, -0.1) is 0 Å². The molecule has 0 heterocycles. The third-order valence-electron chi connectivity index (χ3n) is 1.71. The Morgan fingerprint density at radius 1 is 1.29 bits per heavy atom. The summed E-state index contributed by atoms with van der Waals surface area (Å²) in [5.74, 6) is -0.0295. The Morgan fingerprint density at radius 3 is 2.36 bits per heavy atom. The third kappa shape index (κ3) is 3.99. The van der Waals surface area contributed by atoms with Crippen LogP contribution in [0.5, 0.6) is 0 Å². The van der Waals surface area contributed by atoms with Crippen molar-refractivity contribution in [2.24, 2.45) is 0 Å². The van der Waals surface area contributed by atoms with E-state index in [2.05, 4.69) is 5.32 Å². The van der Waals surface area contributed by atoms with Crippen LogP contribution in [0.4, 0.5) is 0 Å². The number of hydrogen-bond acceptors (Lipinski definition) is 1. The van der Waals surface area contributed by atoms with Gasteiger partial charge in [-0.3, -0.25) is 4.79 Å². The van der Waals surface area contributed by atoms with Crippen LogP contribution in [0.15, 0.2) is 18.2 Å². The Balaban J connectivity index is 2.54. The largest absolute Gasteiger partial charge is 0.356 e. The third-order valence-corrected chi connectivity index (χ3v) is 2.15. The summed E-state index contributed by atoms with van der Waals surface area (Å²) in [7, 11) is 0. The van der Waals surface area contributed by atoms with Gasteiger partial charge in [0.2, 0.25) is 5.91 Å². The van der Waals surface area contributed by atoms with Crippen molar-refractivity contribution in [2.45, 2.75) is 13.3 Å². The molecule has 14 heavy (non-hydrogen) atoms. The molecule has 4 heteroatoms. The summed E-state index contributed by atoms with van der Waals surface area (Å²) < 4.78 is 0. The summed E-state index contributed by atoms with van der Waals surface area (Å²) in [5, 5.41) is 3.95. The van der Waals surface area contributed by atoms with Crippen molar-refractivity contribution in [1.82, 2.24) is 5.32 Å². The van der Waals surface area contributed by atoms with Crippen LogP contribution in [0.2, 0.25) is 10.0 Å². The van der Waals surface area contributed by atoms with E-state index in [1.165, 1.54) is 6.92 Å². The molecule has 0 radical (unpaired) electrons. The van der Waals surface area contributed by atoms with Crippen LogP contribution in [0.3, 0.4) is 0 Å². The maximum Gasteiger partial charge on any atom is 0.216 e. The van der Waals surface area contributed by atoms with Crippen LogP contribution in [-0.2, 0) is 11.2 Å². The minimum Gasteiger partial charge on any atom is -0.356 e. The predicted octanol–water partition coefficient (Wildman–Crippen LogP) is 2.67. The molecule has 0 aliphatic heterocycles. The van der Waals surface area contributed by atoms with Gasteiger partial charge >= 0.3 is 0 Å². The van der Waals surface area contributed by atoms with Crippen LogP contribution < -0.4 is 5.32 Å². The Bertz CT molecular complexity index is 319. The summed E-state index contributed by atoms with van der Waals surface area (Å²) in [6.07, 6.45) is 0.736. The Morgan fingerprint density at radius 2 is 1.86 bits per heavy atom. The van der Waals surface area contributed by atoms with Crippen molar-refractivity contribution < 1.29 is 4.79 Å². The molecule has 1 aromatic carbocycles. The fraction of sp³-hybridized carbons (Fsp3) is 0.300. The summed E-state index contributed by atoms with van der Waals surface area (Å²) in [5.41, 5.74) is 1.02. The molecular weight excluding hydrogens is 221 g/mol. The number of amides is 1. The van der Waals surface area contributed by atoms with Crippen molar-refractivity contribution in [2.75, 3.05) is 6.54 Å². The highest BCUT2D eigenvalue weighted by molar-refractivity contribution is 6.34. The molecule has 0 bridgehead atoms. The number of carbonyl (C=O) groups is 1. The van der Waals surface area contributed by atoms with Crippen LogP contribution in [0.25, 0.3) is 0 Å². The van der Waals surface area contributed by atoms with Gasteiger partial charge in [0.15, 0.2) is 0 Å². The average Bonchev–Trinajstić information content (AvgIpc) is 2.01. The van der Waals surface area contributed by atoms with E-state index < -0.39 is 0 Å². The van der Waals surface area contributed by atoms with Gasteiger partial charge in [0.1, 0.15) is 0 Å². The lowest BCUT2D eigenvalue weighted by atomic mass is 10.1. The number of halogens is 2. The van der Waals surface area contributed by atoms with Gasteiger partial charge in [-0.1, -0.05) is 23.2 Å². The Hall–Kier alpha value is -0.730. The second-order valence-electron chi connectivity index (χ2n) is 3.01. The molecule has 1 aromatic rings. The maximum absolute atomic E-state index is 10.6. The van der Waals surface area contributed by atoms with Crippen LogP contribution in [-0.4, -0.2) is 12.5 Å². The Labute approximate surface area is 93.2 Å². The maximum atomic E-state index is 10.6. The van der Waals surface area contributed by atoms with Gasteiger partial charge < -0.3 is 5.32 Å². The second kappa shape index (κ2) is 5.23. The highest BCUT2D eigenvalue weighted by Gasteiger charge is 1.98. The van der Waals surface area contributed by atoms with Crippen molar-refractivity contribution in [3.63, 3.8) is 0 Å². The Kier molecular flexibility index (Phi) is 4.23. The van der Waals surface area contributed by atoms with Crippen LogP contribution in [0.1, 0.15) is 12.5 Å². The first-order chi connectivity index (χ1) is 6.58. The molecular formula is C10H11Cl2NO. The zero-order chi connectivity index (χ0) is 10.6. The molecule has 76 valence electrons. The lowest BCUT2D eigenvalue weighted by Crippen LogP contribution is -2.22. The molecule has 0 saturated heterocycles. The summed E-state index contributed by atoms with van der Waals surface area (Å²) in [6.45, 7) is 2.09. The van der Waals surface area contributed by atoms with Gasteiger partial charge in [0.25, 0.3) is 0 Å². The number of rotatable bonds is 3. The molecule has 2 nitrogen and oxygen atoms in total. The van der Waals surface area contributed by atoms with E-state index >= 15 is 0 Å². The minimum atomic E-state index is -0.0295. The molecule has 1 amide bonds. The number of hydrogen-bond donors (Lipinski definition) is 1. The second-order valence-corrected chi connectivity index (χ2v) is 3.88. The molecule has 1 N–H and O–H groups in total. The van der Waals surface area contributed by atoms with E-state index in [0.29, 0.717) is 16.6 Å². The highest BCUT2D eigenvalue weighted by atomic mass is 35.5. The van der Waals surface area contributed by atoms with Crippen molar-refractivity contribution in [1.29, 1.82) is 0 Å². The SMILES string of the molecule is CC(=O)NCCc1cc(Cl)cc(Cl)c1. The topological polar surface area (TPSA) is 29.1 Å². The van der Waals surface area contributed by atoms with Crippen LogP contribution >= 0.6 is 23.2 Å². The lowest BCUT2D eigenvalue weighted by Gasteiger charge is -2.03. The highest BCUT2D eigenvalue weighted by Crippen LogP contribution is 2.19. The van der Waals surface area contributed by atoms with Gasteiger partial charge in [0.05, 0.1) is 0 Å². The number of carbonyl (C=O) groups excluding carboxylic acids is 1. The number of nitrogens with one attached hydrogen (secondary N) is 1. The van der Waals surface area contributed by atoms with Crippen molar-refractivity contribution in [3.05, 3.63) is 33.8 Å². The van der Waals surface area contributed by atoms with E-state index in [-0.39, 0.29) is 5.91 Å². The molecule has 0 fully saturated rings. The minimum absolute atomic E-state index is 0.0295. The molecule has 0 aliphatic rings. The summed E-state index contributed by atoms with van der Waals surface area (Å²) in [4.78, 5) is 10.6. The monoisotopic (exact) mass is 231 g/mol. The van der Waals surface area contributed by atoms with Crippen molar-refractivity contribution >= 4 is 29.1 Å².